The lowest BCUT2D eigenvalue weighted by atomic mass is 10.0. The summed E-state index contributed by atoms with van der Waals surface area (Å²) in [6.07, 6.45) is 3.67. The Hall–Kier alpha value is -3.05. The molecule has 1 aromatic carbocycles. The third-order valence-corrected chi connectivity index (χ3v) is 6.98. The van der Waals surface area contributed by atoms with Crippen molar-refractivity contribution in [1.82, 2.24) is 9.88 Å². The summed E-state index contributed by atoms with van der Waals surface area (Å²) in [6.45, 7) is 3.14. The van der Waals surface area contributed by atoms with Crippen LogP contribution in [0.1, 0.15) is 37.3 Å². The van der Waals surface area contributed by atoms with Crippen molar-refractivity contribution in [3.05, 3.63) is 59.3 Å². The van der Waals surface area contributed by atoms with Crippen molar-refractivity contribution in [2.75, 3.05) is 24.6 Å². The summed E-state index contributed by atoms with van der Waals surface area (Å²) in [7, 11) is 0. The van der Waals surface area contributed by atoms with Gasteiger partial charge in [0.15, 0.2) is 0 Å². The van der Waals surface area contributed by atoms with Gasteiger partial charge in [-0.25, -0.2) is 13.8 Å². The van der Waals surface area contributed by atoms with Crippen molar-refractivity contribution in [1.29, 1.82) is 5.26 Å². The minimum atomic E-state index is -0.900. The summed E-state index contributed by atoms with van der Waals surface area (Å²) in [4.78, 5) is 21.5. The smallest absolute Gasteiger partial charge is 0.248 e. The molecular formula is C24H24F2N4O2. The molecule has 3 fully saturated rings. The molecule has 5 rings (SSSR count). The Balaban J connectivity index is 1.26. The van der Waals surface area contributed by atoms with Crippen LogP contribution >= 0.6 is 0 Å². The number of likely N-dealkylation sites (tertiary alicyclic amines) is 1. The molecule has 0 spiro atoms. The fourth-order valence-electron chi connectivity index (χ4n) is 5.14. The molecule has 3 atom stereocenters. The SMILES string of the molecule is C[C@H]1CC2CN(C(=O)COC3(c4cc(F)ccc4F)CC3)CC1N2c1ccc(C#N)cn1. The lowest BCUT2D eigenvalue weighted by Gasteiger charge is -2.42. The maximum Gasteiger partial charge on any atom is 0.248 e. The highest BCUT2D eigenvalue weighted by molar-refractivity contribution is 5.78. The van der Waals surface area contributed by atoms with Crippen LogP contribution in [0.25, 0.3) is 0 Å². The Morgan fingerprint density at radius 1 is 1.28 bits per heavy atom. The summed E-state index contributed by atoms with van der Waals surface area (Å²) in [5.41, 5.74) is -0.193. The van der Waals surface area contributed by atoms with Gasteiger partial charge in [-0.2, -0.15) is 5.26 Å². The summed E-state index contributed by atoms with van der Waals surface area (Å²) in [5.74, 6) is 0.0645. The van der Waals surface area contributed by atoms with Crippen molar-refractivity contribution in [2.24, 2.45) is 5.92 Å². The fourth-order valence-corrected chi connectivity index (χ4v) is 5.14. The second-order valence-electron chi connectivity index (χ2n) is 9.06. The summed E-state index contributed by atoms with van der Waals surface area (Å²) in [6, 6.07) is 9.33. The van der Waals surface area contributed by atoms with Crippen LogP contribution in [0.3, 0.4) is 0 Å². The Morgan fingerprint density at radius 3 is 2.75 bits per heavy atom. The van der Waals surface area contributed by atoms with Gasteiger partial charge in [0.1, 0.15) is 30.1 Å². The normalized spacial score (nSPS) is 25.5. The van der Waals surface area contributed by atoms with E-state index in [0.717, 1.165) is 30.4 Å². The largest absolute Gasteiger partial charge is 0.360 e. The van der Waals surface area contributed by atoms with Gasteiger partial charge in [-0.3, -0.25) is 4.79 Å². The topological polar surface area (TPSA) is 69.5 Å². The van der Waals surface area contributed by atoms with Crippen LogP contribution in [0, 0.1) is 28.9 Å². The zero-order valence-corrected chi connectivity index (χ0v) is 17.8. The summed E-state index contributed by atoms with van der Waals surface area (Å²) < 4.78 is 33.7. The van der Waals surface area contributed by atoms with Gasteiger partial charge in [-0.15, -0.1) is 0 Å². The highest BCUT2D eigenvalue weighted by Crippen LogP contribution is 2.50. The predicted octanol–water partition coefficient (Wildman–Crippen LogP) is 3.36. The number of hydrogen-bond acceptors (Lipinski definition) is 5. The van der Waals surface area contributed by atoms with E-state index in [2.05, 4.69) is 22.9 Å². The van der Waals surface area contributed by atoms with E-state index in [1.54, 1.807) is 12.3 Å². The Bertz CT molecular complexity index is 1080. The molecule has 3 aliphatic rings. The number of piperazine rings is 1. The third kappa shape index (κ3) is 3.61. The van der Waals surface area contributed by atoms with Crippen molar-refractivity contribution in [3.63, 3.8) is 0 Å². The number of aromatic nitrogens is 1. The van der Waals surface area contributed by atoms with Gasteiger partial charge < -0.3 is 14.5 Å². The van der Waals surface area contributed by atoms with E-state index >= 15 is 0 Å². The third-order valence-electron chi connectivity index (χ3n) is 6.98. The zero-order valence-electron chi connectivity index (χ0n) is 17.8. The Labute approximate surface area is 185 Å². The van der Waals surface area contributed by atoms with E-state index in [4.69, 9.17) is 10.00 Å². The minimum Gasteiger partial charge on any atom is -0.360 e. The average Bonchev–Trinajstić information content (AvgIpc) is 3.56. The molecule has 1 aromatic heterocycles. The number of carbonyl (C=O) groups is 1. The lowest BCUT2D eigenvalue weighted by molar-refractivity contribution is -0.140. The van der Waals surface area contributed by atoms with Crippen molar-refractivity contribution >= 4 is 11.7 Å². The van der Waals surface area contributed by atoms with Crippen LogP contribution in [0.15, 0.2) is 36.5 Å². The van der Waals surface area contributed by atoms with Crippen molar-refractivity contribution in [2.45, 2.75) is 43.9 Å². The number of pyridine rings is 1. The van der Waals surface area contributed by atoms with E-state index in [9.17, 15) is 13.6 Å². The zero-order chi connectivity index (χ0) is 22.5. The first-order chi connectivity index (χ1) is 15.4. The van der Waals surface area contributed by atoms with Crippen LogP contribution in [-0.4, -0.2) is 47.6 Å². The molecule has 2 saturated heterocycles. The number of hydrogen-bond donors (Lipinski definition) is 0. The van der Waals surface area contributed by atoms with Crippen LogP contribution in [0.5, 0.6) is 0 Å². The molecule has 1 amide bonds. The monoisotopic (exact) mass is 438 g/mol. The molecular weight excluding hydrogens is 414 g/mol. The average molecular weight is 438 g/mol. The van der Waals surface area contributed by atoms with Gasteiger partial charge in [0.25, 0.3) is 0 Å². The van der Waals surface area contributed by atoms with Gasteiger partial charge in [-0.05, 0) is 55.5 Å². The molecule has 166 valence electrons. The van der Waals surface area contributed by atoms with E-state index < -0.39 is 17.2 Å². The minimum absolute atomic E-state index is 0.133. The summed E-state index contributed by atoms with van der Waals surface area (Å²) >= 11 is 0. The number of rotatable bonds is 5. The maximum absolute atomic E-state index is 14.2. The molecule has 1 aliphatic carbocycles. The molecule has 0 radical (unpaired) electrons. The highest BCUT2D eigenvalue weighted by atomic mass is 19.1. The van der Waals surface area contributed by atoms with Crippen LogP contribution < -0.4 is 4.90 Å². The quantitative estimate of drug-likeness (QED) is 0.716. The standard InChI is InChI=1S/C24H24F2N4O2/c1-15-8-18-12-29(13-21(15)30(18)22-5-2-16(10-27)11-28-22)23(31)14-32-24(6-7-24)19-9-17(25)3-4-20(19)26/h2-5,9,11,15,18,21H,6-8,12-14H2,1H3/t15-,18?,21?/m0/s1. The van der Waals surface area contributed by atoms with Crippen molar-refractivity contribution < 1.29 is 18.3 Å². The van der Waals surface area contributed by atoms with E-state index in [1.165, 1.54) is 0 Å². The van der Waals surface area contributed by atoms with E-state index in [0.29, 0.717) is 37.4 Å². The van der Waals surface area contributed by atoms with Gasteiger partial charge in [-0.1, -0.05) is 6.92 Å². The van der Waals surface area contributed by atoms with Crippen LogP contribution in [0.4, 0.5) is 14.6 Å². The number of ether oxygens (including phenoxy) is 1. The molecule has 2 aromatic rings. The van der Waals surface area contributed by atoms with E-state index in [1.807, 2.05) is 11.0 Å². The highest BCUT2D eigenvalue weighted by Gasteiger charge is 2.49. The number of halogens is 2. The number of amides is 1. The molecule has 0 N–H and O–H groups in total. The number of nitrogens with zero attached hydrogens (tertiary/aromatic N) is 4. The predicted molar refractivity (Wildman–Crippen MR) is 113 cm³/mol. The molecule has 2 bridgehead atoms. The molecule has 1 saturated carbocycles. The molecule has 8 heteroatoms. The van der Waals surface area contributed by atoms with Crippen LogP contribution in [0.2, 0.25) is 0 Å². The van der Waals surface area contributed by atoms with Gasteiger partial charge >= 0.3 is 0 Å². The summed E-state index contributed by atoms with van der Waals surface area (Å²) in [5, 5.41) is 9.01. The second-order valence-corrected chi connectivity index (χ2v) is 9.06. The number of fused-ring (bicyclic) bond motifs is 2. The maximum atomic E-state index is 14.2. The Kier molecular flexibility index (Phi) is 5.09. The van der Waals surface area contributed by atoms with Crippen molar-refractivity contribution in [3.8, 4) is 6.07 Å². The van der Waals surface area contributed by atoms with Gasteiger partial charge in [0, 0.05) is 30.9 Å². The molecule has 3 heterocycles. The van der Waals surface area contributed by atoms with E-state index in [-0.39, 0.29) is 30.2 Å². The molecule has 2 unspecified atom stereocenters. The fraction of sp³-hybridized carbons (Fsp3) is 0.458. The second kappa shape index (κ2) is 7.82. The van der Waals surface area contributed by atoms with Gasteiger partial charge in [0.2, 0.25) is 5.91 Å². The Morgan fingerprint density at radius 2 is 2.09 bits per heavy atom. The number of benzene rings is 1. The van der Waals surface area contributed by atoms with Crippen LogP contribution in [-0.2, 0) is 15.1 Å². The molecule has 6 nitrogen and oxygen atoms in total. The first-order valence-electron chi connectivity index (χ1n) is 10.9. The molecule has 32 heavy (non-hydrogen) atoms. The number of carbonyl (C=O) groups excluding carboxylic acids is 1. The first kappa shape index (κ1) is 20.8. The number of anilines is 1. The lowest BCUT2D eigenvalue weighted by Crippen LogP contribution is -2.57. The van der Waals surface area contributed by atoms with Gasteiger partial charge in [0.05, 0.1) is 17.2 Å². The number of nitriles is 1. The molecule has 2 aliphatic heterocycles. The first-order valence-corrected chi connectivity index (χ1v) is 10.9.